The largest absolute Gasteiger partial charge is 0.345 e. The fourth-order valence-corrected chi connectivity index (χ4v) is 2.25. The number of nitrogens with zero attached hydrogens (tertiary/aromatic N) is 1. The maximum Gasteiger partial charge on any atom is 0.0489 e. The summed E-state index contributed by atoms with van der Waals surface area (Å²) in [5.41, 5.74) is 9.53. The SMILES string of the molecule is CNCc1cn(C(C)C)c2cc(CN)ccc12. The van der Waals surface area contributed by atoms with E-state index in [1.165, 1.54) is 22.0 Å². The van der Waals surface area contributed by atoms with Crippen molar-refractivity contribution < 1.29 is 0 Å². The molecule has 1 aromatic heterocycles. The maximum absolute atomic E-state index is 5.71. The lowest BCUT2D eigenvalue weighted by atomic mass is 10.1. The van der Waals surface area contributed by atoms with Crippen molar-refractivity contribution in [1.29, 1.82) is 0 Å². The van der Waals surface area contributed by atoms with Crippen molar-refractivity contribution in [3.8, 4) is 0 Å². The van der Waals surface area contributed by atoms with Crippen molar-refractivity contribution in [3.05, 3.63) is 35.5 Å². The summed E-state index contributed by atoms with van der Waals surface area (Å²) in [6.07, 6.45) is 2.24. The van der Waals surface area contributed by atoms with Gasteiger partial charge in [0.15, 0.2) is 0 Å². The molecule has 0 aliphatic heterocycles. The Labute approximate surface area is 103 Å². The second-order valence-electron chi connectivity index (χ2n) is 4.74. The molecule has 0 aliphatic carbocycles. The minimum atomic E-state index is 0.469. The second-order valence-corrected chi connectivity index (χ2v) is 4.74. The minimum Gasteiger partial charge on any atom is -0.345 e. The third-order valence-corrected chi connectivity index (χ3v) is 3.14. The molecule has 2 aromatic rings. The molecule has 2 rings (SSSR count). The van der Waals surface area contributed by atoms with E-state index in [9.17, 15) is 0 Å². The molecule has 3 heteroatoms. The van der Waals surface area contributed by atoms with Crippen LogP contribution in [0, 0.1) is 0 Å². The van der Waals surface area contributed by atoms with Gasteiger partial charge in [-0.15, -0.1) is 0 Å². The van der Waals surface area contributed by atoms with Crippen LogP contribution in [0.3, 0.4) is 0 Å². The highest BCUT2D eigenvalue weighted by atomic mass is 15.0. The summed E-state index contributed by atoms with van der Waals surface area (Å²) in [4.78, 5) is 0. The summed E-state index contributed by atoms with van der Waals surface area (Å²) in [5.74, 6) is 0. The van der Waals surface area contributed by atoms with E-state index in [1.807, 2.05) is 7.05 Å². The second kappa shape index (κ2) is 4.90. The fraction of sp³-hybridized carbons (Fsp3) is 0.429. The summed E-state index contributed by atoms with van der Waals surface area (Å²) < 4.78 is 2.32. The highest BCUT2D eigenvalue weighted by molar-refractivity contribution is 5.84. The van der Waals surface area contributed by atoms with Crippen LogP contribution in [-0.2, 0) is 13.1 Å². The van der Waals surface area contributed by atoms with Crippen LogP contribution in [0.15, 0.2) is 24.4 Å². The van der Waals surface area contributed by atoms with E-state index < -0.39 is 0 Å². The standard InChI is InChI=1S/C14H21N3/c1-10(2)17-9-12(8-16-3)13-5-4-11(7-15)6-14(13)17/h4-6,9-10,16H,7-8,15H2,1-3H3. The van der Waals surface area contributed by atoms with E-state index in [0.29, 0.717) is 12.6 Å². The molecule has 1 aromatic carbocycles. The van der Waals surface area contributed by atoms with Crippen LogP contribution in [0.4, 0.5) is 0 Å². The van der Waals surface area contributed by atoms with Crippen molar-refractivity contribution in [2.45, 2.75) is 33.0 Å². The molecule has 92 valence electrons. The number of benzene rings is 1. The molecular formula is C14H21N3. The Morgan fingerprint density at radius 1 is 1.35 bits per heavy atom. The number of rotatable bonds is 4. The quantitative estimate of drug-likeness (QED) is 0.848. The van der Waals surface area contributed by atoms with Gasteiger partial charge in [0, 0.05) is 36.2 Å². The summed E-state index contributed by atoms with van der Waals surface area (Å²) in [5, 5.41) is 4.54. The molecule has 17 heavy (non-hydrogen) atoms. The Bertz CT molecular complexity index is 511. The van der Waals surface area contributed by atoms with E-state index in [4.69, 9.17) is 5.73 Å². The van der Waals surface area contributed by atoms with E-state index in [-0.39, 0.29) is 0 Å². The first-order valence-electron chi connectivity index (χ1n) is 6.14. The van der Waals surface area contributed by atoms with Gasteiger partial charge >= 0.3 is 0 Å². The molecule has 3 N–H and O–H groups in total. The molecule has 0 saturated carbocycles. The van der Waals surface area contributed by atoms with Crippen LogP contribution in [-0.4, -0.2) is 11.6 Å². The number of hydrogen-bond acceptors (Lipinski definition) is 2. The lowest BCUT2D eigenvalue weighted by molar-refractivity contribution is 0.619. The van der Waals surface area contributed by atoms with Gasteiger partial charge < -0.3 is 15.6 Å². The summed E-state index contributed by atoms with van der Waals surface area (Å²) in [7, 11) is 1.98. The molecule has 0 radical (unpaired) electrons. The first-order valence-corrected chi connectivity index (χ1v) is 6.14. The number of aromatic nitrogens is 1. The average molecular weight is 231 g/mol. The first-order chi connectivity index (χ1) is 8.17. The summed E-state index contributed by atoms with van der Waals surface area (Å²) in [6.45, 7) is 5.91. The third kappa shape index (κ3) is 2.21. The topological polar surface area (TPSA) is 43.0 Å². The zero-order valence-corrected chi connectivity index (χ0v) is 10.8. The van der Waals surface area contributed by atoms with Crippen molar-refractivity contribution >= 4 is 10.9 Å². The highest BCUT2D eigenvalue weighted by Crippen LogP contribution is 2.25. The highest BCUT2D eigenvalue weighted by Gasteiger charge is 2.10. The van der Waals surface area contributed by atoms with Crippen molar-refractivity contribution in [2.24, 2.45) is 5.73 Å². The predicted molar refractivity (Wildman–Crippen MR) is 73.0 cm³/mol. The Morgan fingerprint density at radius 3 is 2.71 bits per heavy atom. The first kappa shape index (κ1) is 12.1. The molecule has 0 spiro atoms. The van der Waals surface area contributed by atoms with Crippen LogP contribution in [0.2, 0.25) is 0 Å². The lowest BCUT2D eigenvalue weighted by Crippen LogP contribution is -2.04. The van der Waals surface area contributed by atoms with Gasteiger partial charge in [-0.05, 0) is 38.1 Å². The van der Waals surface area contributed by atoms with Crippen molar-refractivity contribution in [3.63, 3.8) is 0 Å². The van der Waals surface area contributed by atoms with Crippen LogP contribution >= 0.6 is 0 Å². The van der Waals surface area contributed by atoms with Crippen LogP contribution < -0.4 is 11.1 Å². The molecule has 1 heterocycles. The number of hydrogen-bond donors (Lipinski definition) is 2. The Balaban J connectivity index is 2.63. The molecular weight excluding hydrogens is 210 g/mol. The van der Waals surface area contributed by atoms with E-state index in [0.717, 1.165) is 6.54 Å². The van der Waals surface area contributed by atoms with E-state index in [1.54, 1.807) is 0 Å². The Kier molecular flexibility index (Phi) is 3.50. The minimum absolute atomic E-state index is 0.469. The van der Waals surface area contributed by atoms with Gasteiger partial charge in [-0.25, -0.2) is 0 Å². The molecule has 0 fully saturated rings. The van der Waals surface area contributed by atoms with Gasteiger partial charge in [0.1, 0.15) is 0 Å². The molecule has 3 nitrogen and oxygen atoms in total. The van der Waals surface area contributed by atoms with E-state index in [2.05, 4.69) is 48.1 Å². The van der Waals surface area contributed by atoms with Crippen molar-refractivity contribution in [1.82, 2.24) is 9.88 Å². The number of nitrogens with two attached hydrogens (primary N) is 1. The zero-order valence-electron chi connectivity index (χ0n) is 10.8. The molecule has 0 unspecified atom stereocenters. The normalized spacial score (nSPS) is 11.6. The Hall–Kier alpha value is -1.32. The molecule has 0 bridgehead atoms. The Morgan fingerprint density at radius 2 is 2.12 bits per heavy atom. The van der Waals surface area contributed by atoms with Gasteiger partial charge in [0.2, 0.25) is 0 Å². The number of nitrogens with one attached hydrogen (secondary N) is 1. The molecule has 0 amide bonds. The van der Waals surface area contributed by atoms with Gasteiger partial charge in [0.05, 0.1) is 0 Å². The molecule has 0 saturated heterocycles. The van der Waals surface area contributed by atoms with Gasteiger partial charge in [0.25, 0.3) is 0 Å². The monoisotopic (exact) mass is 231 g/mol. The predicted octanol–water partition coefficient (Wildman–Crippen LogP) is 2.40. The lowest BCUT2D eigenvalue weighted by Gasteiger charge is -2.09. The zero-order chi connectivity index (χ0) is 12.4. The smallest absolute Gasteiger partial charge is 0.0489 e. The summed E-state index contributed by atoms with van der Waals surface area (Å²) >= 11 is 0. The van der Waals surface area contributed by atoms with Gasteiger partial charge in [-0.1, -0.05) is 12.1 Å². The average Bonchev–Trinajstić information content (AvgIpc) is 2.68. The van der Waals surface area contributed by atoms with Crippen molar-refractivity contribution in [2.75, 3.05) is 7.05 Å². The maximum atomic E-state index is 5.71. The fourth-order valence-electron chi connectivity index (χ4n) is 2.25. The van der Waals surface area contributed by atoms with Crippen LogP contribution in [0.25, 0.3) is 10.9 Å². The van der Waals surface area contributed by atoms with Crippen LogP contribution in [0.5, 0.6) is 0 Å². The van der Waals surface area contributed by atoms with Gasteiger partial charge in [-0.2, -0.15) is 0 Å². The third-order valence-electron chi connectivity index (χ3n) is 3.14. The number of fused-ring (bicyclic) bond motifs is 1. The molecule has 0 aliphatic rings. The van der Waals surface area contributed by atoms with Crippen LogP contribution in [0.1, 0.15) is 31.0 Å². The van der Waals surface area contributed by atoms with E-state index >= 15 is 0 Å². The summed E-state index contributed by atoms with van der Waals surface area (Å²) in [6, 6.07) is 6.97. The molecule has 0 atom stereocenters. The van der Waals surface area contributed by atoms with Gasteiger partial charge in [-0.3, -0.25) is 0 Å².